The van der Waals surface area contributed by atoms with Gasteiger partial charge in [-0.05, 0) is 55.5 Å². The van der Waals surface area contributed by atoms with Crippen molar-refractivity contribution >= 4 is 5.69 Å². The Kier molecular flexibility index (Phi) is 4.06. The molecule has 2 nitrogen and oxygen atoms in total. The van der Waals surface area contributed by atoms with Crippen LogP contribution in [0.1, 0.15) is 42.9 Å². The molecule has 1 aliphatic carbocycles. The Morgan fingerprint density at radius 1 is 1.41 bits per heavy atom. The lowest BCUT2D eigenvalue weighted by molar-refractivity contribution is 0.514. The predicted molar refractivity (Wildman–Crippen MR) is 72.6 cm³/mol. The SMILES string of the molecule is C#CCCCCNC1CCc2cc(N)ccc21. The number of benzene rings is 1. The fraction of sp³-hybridized carbons (Fsp3) is 0.467. The zero-order chi connectivity index (χ0) is 12.1. The Labute approximate surface area is 104 Å². The molecular weight excluding hydrogens is 208 g/mol. The maximum Gasteiger partial charge on any atom is 0.0326 e. The number of anilines is 1. The van der Waals surface area contributed by atoms with Crippen molar-refractivity contribution in [2.24, 2.45) is 0 Å². The first kappa shape index (κ1) is 12.0. The summed E-state index contributed by atoms with van der Waals surface area (Å²) < 4.78 is 0. The topological polar surface area (TPSA) is 38.0 Å². The second-order valence-corrected chi connectivity index (χ2v) is 4.66. The van der Waals surface area contributed by atoms with E-state index < -0.39 is 0 Å². The van der Waals surface area contributed by atoms with Gasteiger partial charge >= 0.3 is 0 Å². The third kappa shape index (κ3) is 3.01. The largest absolute Gasteiger partial charge is 0.399 e. The van der Waals surface area contributed by atoms with Gasteiger partial charge in [-0.3, -0.25) is 0 Å². The number of hydrogen-bond donors (Lipinski definition) is 2. The molecule has 1 unspecified atom stereocenters. The van der Waals surface area contributed by atoms with Crippen molar-refractivity contribution in [2.45, 2.75) is 38.1 Å². The highest BCUT2D eigenvalue weighted by molar-refractivity contribution is 5.47. The van der Waals surface area contributed by atoms with Gasteiger partial charge in [-0.25, -0.2) is 0 Å². The molecule has 0 amide bonds. The van der Waals surface area contributed by atoms with Crippen molar-refractivity contribution in [1.29, 1.82) is 0 Å². The summed E-state index contributed by atoms with van der Waals surface area (Å²) in [6.45, 7) is 1.05. The standard InChI is InChI=1S/C15H20N2/c1-2-3-4-5-10-17-15-9-6-12-11-13(16)7-8-14(12)15/h1,7-8,11,15,17H,3-6,9-10,16H2. The Hall–Kier alpha value is -1.46. The van der Waals surface area contributed by atoms with Gasteiger partial charge in [0, 0.05) is 18.2 Å². The first-order valence-corrected chi connectivity index (χ1v) is 6.36. The lowest BCUT2D eigenvalue weighted by atomic mass is 10.1. The molecule has 0 aromatic heterocycles. The number of nitrogen functional groups attached to an aromatic ring is 1. The van der Waals surface area contributed by atoms with Crippen LogP contribution < -0.4 is 11.1 Å². The van der Waals surface area contributed by atoms with E-state index >= 15 is 0 Å². The molecule has 1 atom stereocenters. The van der Waals surface area contributed by atoms with E-state index in [-0.39, 0.29) is 0 Å². The van der Waals surface area contributed by atoms with Gasteiger partial charge in [0.05, 0.1) is 0 Å². The van der Waals surface area contributed by atoms with Gasteiger partial charge in [0.15, 0.2) is 0 Å². The van der Waals surface area contributed by atoms with E-state index in [0.29, 0.717) is 6.04 Å². The minimum atomic E-state index is 0.511. The fourth-order valence-corrected chi connectivity index (χ4v) is 2.48. The van der Waals surface area contributed by atoms with Gasteiger partial charge in [0.1, 0.15) is 0 Å². The summed E-state index contributed by atoms with van der Waals surface area (Å²) in [5, 5.41) is 3.61. The van der Waals surface area contributed by atoms with Crippen LogP contribution in [-0.2, 0) is 6.42 Å². The highest BCUT2D eigenvalue weighted by Gasteiger charge is 2.21. The first-order chi connectivity index (χ1) is 8.31. The molecule has 0 spiro atoms. The molecule has 90 valence electrons. The molecule has 0 aliphatic heterocycles. The zero-order valence-electron chi connectivity index (χ0n) is 10.2. The minimum absolute atomic E-state index is 0.511. The molecule has 2 heteroatoms. The van der Waals surface area contributed by atoms with E-state index in [2.05, 4.69) is 23.4 Å². The average Bonchev–Trinajstić information content (AvgIpc) is 2.71. The number of nitrogens with one attached hydrogen (secondary N) is 1. The number of rotatable bonds is 5. The normalized spacial score (nSPS) is 17.7. The van der Waals surface area contributed by atoms with Crippen molar-refractivity contribution in [3.05, 3.63) is 29.3 Å². The smallest absolute Gasteiger partial charge is 0.0326 e. The number of hydrogen-bond acceptors (Lipinski definition) is 2. The predicted octanol–water partition coefficient (Wildman–Crippen LogP) is 2.65. The maximum absolute atomic E-state index is 5.79. The molecule has 0 fully saturated rings. The van der Waals surface area contributed by atoms with E-state index in [1.165, 1.54) is 17.5 Å². The lowest BCUT2D eigenvalue weighted by Gasteiger charge is -2.13. The molecule has 0 bridgehead atoms. The molecule has 0 saturated heterocycles. The monoisotopic (exact) mass is 228 g/mol. The summed E-state index contributed by atoms with van der Waals surface area (Å²) >= 11 is 0. The van der Waals surface area contributed by atoms with Crippen LogP contribution in [0.15, 0.2) is 18.2 Å². The number of aryl methyl sites for hydroxylation is 1. The Balaban J connectivity index is 1.83. The third-order valence-electron chi connectivity index (χ3n) is 3.38. The van der Waals surface area contributed by atoms with Crippen LogP contribution in [-0.4, -0.2) is 6.54 Å². The van der Waals surface area contributed by atoms with E-state index in [1.54, 1.807) is 0 Å². The molecular formula is C15H20N2. The summed E-state index contributed by atoms with van der Waals surface area (Å²) in [5.74, 6) is 2.68. The van der Waals surface area contributed by atoms with Gasteiger partial charge in [-0.1, -0.05) is 6.07 Å². The van der Waals surface area contributed by atoms with Gasteiger partial charge < -0.3 is 11.1 Å². The highest BCUT2D eigenvalue weighted by Crippen LogP contribution is 2.32. The number of fused-ring (bicyclic) bond motifs is 1. The second-order valence-electron chi connectivity index (χ2n) is 4.66. The number of terminal acetylenes is 1. The molecule has 17 heavy (non-hydrogen) atoms. The van der Waals surface area contributed by atoms with Crippen LogP contribution >= 0.6 is 0 Å². The van der Waals surface area contributed by atoms with Crippen LogP contribution in [0.4, 0.5) is 5.69 Å². The highest BCUT2D eigenvalue weighted by atomic mass is 14.9. The summed E-state index contributed by atoms with van der Waals surface area (Å²) in [6, 6.07) is 6.78. The Bertz CT molecular complexity index is 417. The average molecular weight is 228 g/mol. The molecule has 1 aromatic rings. The number of unbranched alkanes of at least 4 members (excludes halogenated alkanes) is 2. The van der Waals surface area contributed by atoms with Crippen LogP contribution in [0, 0.1) is 12.3 Å². The van der Waals surface area contributed by atoms with Crippen molar-refractivity contribution in [3.8, 4) is 12.3 Å². The Morgan fingerprint density at radius 2 is 2.29 bits per heavy atom. The zero-order valence-corrected chi connectivity index (χ0v) is 10.2. The summed E-state index contributed by atoms with van der Waals surface area (Å²) in [5.41, 5.74) is 9.50. The molecule has 0 radical (unpaired) electrons. The van der Waals surface area contributed by atoms with E-state index in [1.807, 2.05) is 6.07 Å². The summed E-state index contributed by atoms with van der Waals surface area (Å²) in [7, 11) is 0. The van der Waals surface area contributed by atoms with Crippen LogP contribution in [0.3, 0.4) is 0 Å². The molecule has 0 heterocycles. The maximum atomic E-state index is 5.79. The van der Waals surface area contributed by atoms with E-state index in [4.69, 9.17) is 12.2 Å². The molecule has 1 aliphatic rings. The molecule has 3 N–H and O–H groups in total. The fourth-order valence-electron chi connectivity index (χ4n) is 2.48. The lowest BCUT2D eigenvalue weighted by Crippen LogP contribution is -2.20. The summed E-state index contributed by atoms with van der Waals surface area (Å²) in [6.07, 6.45) is 10.7. The first-order valence-electron chi connectivity index (χ1n) is 6.36. The molecule has 1 aromatic carbocycles. The molecule has 2 rings (SSSR count). The number of nitrogens with two attached hydrogens (primary N) is 1. The van der Waals surface area contributed by atoms with Crippen molar-refractivity contribution in [3.63, 3.8) is 0 Å². The Morgan fingerprint density at radius 3 is 3.12 bits per heavy atom. The third-order valence-corrected chi connectivity index (χ3v) is 3.38. The van der Waals surface area contributed by atoms with Crippen LogP contribution in [0.5, 0.6) is 0 Å². The van der Waals surface area contributed by atoms with Gasteiger partial charge in [-0.2, -0.15) is 0 Å². The quantitative estimate of drug-likeness (QED) is 0.462. The summed E-state index contributed by atoms with van der Waals surface area (Å²) in [4.78, 5) is 0. The van der Waals surface area contributed by atoms with Crippen molar-refractivity contribution in [2.75, 3.05) is 12.3 Å². The van der Waals surface area contributed by atoms with Gasteiger partial charge in [0.25, 0.3) is 0 Å². The van der Waals surface area contributed by atoms with Crippen molar-refractivity contribution < 1.29 is 0 Å². The van der Waals surface area contributed by atoms with Crippen LogP contribution in [0.25, 0.3) is 0 Å². The van der Waals surface area contributed by atoms with E-state index in [0.717, 1.165) is 37.9 Å². The van der Waals surface area contributed by atoms with Gasteiger partial charge in [0.2, 0.25) is 0 Å². The second kappa shape index (κ2) is 5.75. The minimum Gasteiger partial charge on any atom is -0.399 e. The van der Waals surface area contributed by atoms with Crippen molar-refractivity contribution in [1.82, 2.24) is 5.32 Å². The van der Waals surface area contributed by atoms with E-state index in [9.17, 15) is 0 Å². The van der Waals surface area contributed by atoms with Gasteiger partial charge in [-0.15, -0.1) is 12.3 Å². The van der Waals surface area contributed by atoms with Crippen LogP contribution in [0.2, 0.25) is 0 Å². The molecule has 0 saturated carbocycles.